The minimum atomic E-state index is -0.914. The molecule has 0 radical (unpaired) electrons. The normalized spacial score (nSPS) is 11.9. The van der Waals surface area contributed by atoms with E-state index in [1.54, 1.807) is 26.8 Å². The summed E-state index contributed by atoms with van der Waals surface area (Å²) in [6.07, 6.45) is 0. The fourth-order valence-corrected chi connectivity index (χ4v) is 0.840. The first-order valence-electron chi connectivity index (χ1n) is 4.15. The van der Waals surface area contributed by atoms with Gasteiger partial charge in [0.05, 0.1) is 12.7 Å². The molecule has 0 rings (SSSR count). The Morgan fingerprint density at radius 2 is 2.00 bits per heavy atom. The Hall–Kier alpha value is -1.37. The van der Waals surface area contributed by atoms with Crippen LogP contribution in [0.15, 0.2) is 0 Å². The fourth-order valence-electron chi connectivity index (χ4n) is 0.840. The highest BCUT2D eigenvalue weighted by Gasteiger charge is 2.28. The quantitative estimate of drug-likeness (QED) is 0.480. The second-order valence-electron chi connectivity index (χ2n) is 2.94. The molecule has 0 bridgehead atoms. The van der Waals surface area contributed by atoms with E-state index in [1.165, 1.54) is 0 Å². The molecule has 0 spiro atoms. The molecule has 0 saturated heterocycles. The average Bonchev–Trinajstić information content (AvgIpc) is 2.05. The van der Waals surface area contributed by atoms with Gasteiger partial charge in [-0.05, 0) is 12.8 Å². The van der Waals surface area contributed by atoms with Gasteiger partial charge in [-0.15, -0.1) is 0 Å². The van der Waals surface area contributed by atoms with Crippen LogP contribution in [0.4, 0.5) is 0 Å². The summed E-state index contributed by atoms with van der Waals surface area (Å²) in [6.45, 7) is 5.19. The maximum absolute atomic E-state index is 11.2. The molecule has 0 aromatic carbocycles. The van der Waals surface area contributed by atoms with Gasteiger partial charge >= 0.3 is 5.97 Å². The number of carbonyl (C=O) groups excluding carboxylic acids is 2. The second kappa shape index (κ2) is 5.31. The van der Waals surface area contributed by atoms with Gasteiger partial charge in [-0.3, -0.25) is 4.79 Å². The number of nitrogens with zero attached hydrogens (tertiary/aromatic N) is 1. The Morgan fingerprint density at radius 1 is 1.46 bits per heavy atom. The molecule has 0 N–H and O–H groups in total. The van der Waals surface area contributed by atoms with E-state index >= 15 is 0 Å². The van der Waals surface area contributed by atoms with E-state index in [9.17, 15) is 9.59 Å². The number of rotatable bonds is 4. The fraction of sp³-hybridized carbons (Fsp3) is 0.667. The number of ether oxygens (including phenoxy) is 1. The lowest BCUT2D eigenvalue weighted by atomic mass is 9.93. The minimum Gasteiger partial charge on any atom is -0.460 e. The maximum atomic E-state index is 11.2. The molecular weight excluding hydrogens is 170 g/mol. The largest absolute Gasteiger partial charge is 0.460 e. The number of Topliss-reactive ketones (excluding diaryl/α,β-unsaturated/α-hetero) is 1. The first-order valence-corrected chi connectivity index (χ1v) is 4.15. The summed E-state index contributed by atoms with van der Waals surface area (Å²) in [5, 5.41) is 8.61. The third kappa shape index (κ3) is 3.24. The van der Waals surface area contributed by atoms with Crippen molar-refractivity contribution in [3.05, 3.63) is 0 Å². The lowest BCUT2D eigenvalue weighted by Gasteiger charge is -2.09. The topological polar surface area (TPSA) is 67.2 Å². The van der Waals surface area contributed by atoms with E-state index in [2.05, 4.69) is 4.74 Å². The molecule has 0 aromatic heterocycles. The summed E-state index contributed by atoms with van der Waals surface area (Å²) in [5.41, 5.74) is 0. The summed E-state index contributed by atoms with van der Waals surface area (Å²) in [6, 6.07) is 1.79. The Labute approximate surface area is 77.5 Å². The number of carbonyl (C=O) groups is 2. The molecule has 0 aliphatic heterocycles. The van der Waals surface area contributed by atoms with Crippen LogP contribution in [0.3, 0.4) is 0 Å². The molecule has 0 heterocycles. The van der Waals surface area contributed by atoms with E-state index in [1.807, 2.05) is 0 Å². The van der Waals surface area contributed by atoms with Crippen LogP contribution in [-0.4, -0.2) is 18.4 Å². The molecule has 72 valence electrons. The van der Waals surface area contributed by atoms with E-state index in [-0.39, 0.29) is 12.5 Å². The van der Waals surface area contributed by atoms with Crippen molar-refractivity contribution in [2.45, 2.75) is 20.8 Å². The number of esters is 1. The third-order valence-electron chi connectivity index (χ3n) is 1.56. The molecule has 4 nitrogen and oxygen atoms in total. The van der Waals surface area contributed by atoms with Crippen LogP contribution in [0.5, 0.6) is 0 Å². The van der Waals surface area contributed by atoms with Crippen LogP contribution < -0.4 is 0 Å². The van der Waals surface area contributed by atoms with Crippen molar-refractivity contribution >= 4 is 11.8 Å². The highest BCUT2D eigenvalue weighted by molar-refractivity contribution is 6.35. The van der Waals surface area contributed by atoms with Crippen molar-refractivity contribution in [1.82, 2.24) is 0 Å². The summed E-state index contributed by atoms with van der Waals surface area (Å²) in [5.74, 6) is -2.72. The van der Waals surface area contributed by atoms with E-state index in [4.69, 9.17) is 5.26 Å². The molecule has 4 heteroatoms. The second-order valence-corrected chi connectivity index (χ2v) is 2.94. The van der Waals surface area contributed by atoms with E-state index < -0.39 is 17.7 Å². The van der Waals surface area contributed by atoms with E-state index in [0.717, 1.165) is 0 Å². The van der Waals surface area contributed by atoms with Gasteiger partial charge in [0.15, 0.2) is 0 Å². The molecule has 1 unspecified atom stereocenters. The predicted molar refractivity (Wildman–Crippen MR) is 45.6 cm³/mol. The molecule has 0 saturated carbocycles. The molecule has 0 aliphatic carbocycles. The molecule has 1 atom stereocenters. The van der Waals surface area contributed by atoms with Crippen LogP contribution in [0.1, 0.15) is 20.8 Å². The van der Waals surface area contributed by atoms with Gasteiger partial charge in [-0.25, -0.2) is 4.79 Å². The van der Waals surface area contributed by atoms with Crippen LogP contribution >= 0.6 is 0 Å². The Bertz CT molecular complexity index is 240. The van der Waals surface area contributed by atoms with Gasteiger partial charge in [0.1, 0.15) is 5.92 Å². The Balaban J connectivity index is 4.40. The molecular formula is C9H13NO3. The third-order valence-corrected chi connectivity index (χ3v) is 1.56. The van der Waals surface area contributed by atoms with Gasteiger partial charge in [0.25, 0.3) is 5.78 Å². The predicted octanol–water partition coefficient (Wildman–Crippen LogP) is 0.914. The standard InChI is InChI=1S/C9H13NO3/c1-4-13-9(12)8(11)7(5-10)6(2)3/h6-7H,4H2,1-3H3. The van der Waals surface area contributed by atoms with Crippen LogP contribution in [0.25, 0.3) is 0 Å². The van der Waals surface area contributed by atoms with Gasteiger partial charge in [-0.1, -0.05) is 13.8 Å². The van der Waals surface area contributed by atoms with Crippen molar-refractivity contribution in [2.75, 3.05) is 6.61 Å². The van der Waals surface area contributed by atoms with Gasteiger partial charge in [-0.2, -0.15) is 5.26 Å². The smallest absolute Gasteiger partial charge is 0.376 e. The van der Waals surface area contributed by atoms with Gasteiger partial charge in [0, 0.05) is 0 Å². The van der Waals surface area contributed by atoms with Crippen LogP contribution in [0, 0.1) is 23.2 Å². The number of nitriles is 1. The van der Waals surface area contributed by atoms with Crippen molar-refractivity contribution in [3.63, 3.8) is 0 Å². The van der Waals surface area contributed by atoms with Gasteiger partial charge in [0.2, 0.25) is 0 Å². The maximum Gasteiger partial charge on any atom is 0.376 e. The highest BCUT2D eigenvalue weighted by Crippen LogP contribution is 2.11. The monoisotopic (exact) mass is 183 g/mol. The zero-order valence-corrected chi connectivity index (χ0v) is 8.03. The molecule has 0 aromatic rings. The lowest BCUT2D eigenvalue weighted by Crippen LogP contribution is -2.28. The van der Waals surface area contributed by atoms with Crippen molar-refractivity contribution < 1.29 is 14.3 Å². The summed E-state index contributed by atoms with van der Waals surface area (Å²) in [4.78, 5) is 22.1. The average molecular weight is 183 g/mol. The Morgan fingerprint density at radius 3 is 2.31 bits per heavy atom. The zero-order valence-electron chi connectivity index (χ0n) is 8.03. The first kappa shape index (κ1) is 11.6. The van der Waals surface area contributed by atoms with Gasteiger partial charge < -0.3 is 4.74 Å². The molecule has 0 fully saturated rings. The molecule has 0 aliphatic rings. The summed E-state index contributed by atoms with van der Waals surface area (Å²) >= 11 is 0. The number of hydrogen-bond acceptors (Lipinski definition) is 4. The Kier molecular flexibility index (Phi) is 4.75. The highest BCUT2D eigenvalue weighted by atomic mass is 16.5. The zero-order chi connectivity index (χ0) is 10.4. The van der Waals surface area contributed by atoms with E-state index in [0.29, 0.717) is 0 Å². The van der Waals surface area contributed by atoms with Crippen LogP contribution in [-0.2, 0) is 14.3 Å². The number of hydrogen-bond donors (Lipinski definition) is 0. The summed E-state index contributed by atoms with van der Waals surface area (Å²) < 4.78 is 4.50. The first-order chi connectivity index (χ1) is 6.04. The van der Waals surface area contributed by atoms with Crippen molar-refractivity contribution in [3.8, 4) is 6.07 Å². The molecule has 0 amide bonds. The SMILES string of the molecule is CCOC(=O)C(=O)C(C#N)C(C)C. The minimum absolute atomic E-state index is 0.154. The van der Waals surface area contributed by atoms with Crippen molar-refractivity contribution in [1.29, 1.82) is 5.26 Å². The number of ketones is 1. The molecule has 13 heavy (non-hydrogen) atoms. The van der Waals surface area contributed by atoms with Crippen molar-refractivity contribution in [2.24, 2.45) is 11.8 Å². The summed E-state index contributed by atoms with van der Waals surface area (Å²) in [7, 11) is 0. The lowest BCUT2D eigenvalue weighted by molar-refractivity contribution is -0.155. The van der Waals surface area contributed by atoms with Crippen LogP contribution in [0.2, 0.25) is 0 Å².